The van der Waals surface area contributed by atoms with E-state index < -0.39 is 0 Å². The molecule has 20 heavy (non-hydrogen) atoms. The lowest BCUT2D eigenvalue weighted by atomic mass is 10.1. The summed E-state index contributed by atoms with van der Waals surface area (Å²) in [6.07, 6.45) is 0. The monoisotopic (exact) mass is 276 g/mol. The zero-order chi connectivity index (χ0) is 14.9. The third-order valence-electron chi connectivity index (χ3n) is 3.35. The number of hydrogen-bond acceptors (Lipinski definition) is 3. The van der Waals surface area contributed by atoms with E-state index in [1.54, 1.807) is 16.8 Å². The molecule has 0 radical (unpaired) electrons. The Morgan fingerprint density at radius 1 is 1.35 bits per heavy atom. The molecule has 2 aromatic rings. The maximum absolute atomic E-state index is 13.7. The van der Waals surface area contributed by atoms with Crippen molar-refractivity contribution in [1.82, 2.24) is 9.78 Å². The van der Waals surface area contributed by atoms with Gasteiger partial charge in [0.25, 0.3) is 0 Å². The number of nitrogen functional groups attached to an aromatic ring is 1. The minimum absolute atomic E-state index is 0.204. The fraction of sp³-hybridized carbons (Fsp3) is 0.400. The Hall–Kier alpha value is -2.04. The van der Waals surface area contributed by atoms with Crippen LogP contribution in [0.25, 0.3) is 0 Å². The molecule has 0 bridgehead atoms. The van der Waals surface area contributed by atoms with Crippen molar-refractivity contribution in [3.63, 3.8) is 0 Å². The molecule has 1 aromatic carbocycles. The maximum atomic E-state index is 13.7. The van der Waals surface area contributed by atoms with Crippen LogP contribution in [0.2, 0.25) is 0 Å². The van der Waals surface area contributed by atoms with Crippen LogP contribution in [0.15, 0.2) is 24.3 Å². The predicted octanol–water partition coefficient (Wildman–Crippen LogP) is 2.90. The van der Waals surface area contributed by atoms with Gasteiger partial charge in [0.2, 0.25) is 0 Å². The van der Waals surface area contributed by atoms with Crippen LogP contribution in [0.3, 0.4) is 0 Å². The molecule has 0 saturated carbocycles. The minimum Gasteiger partial charge on any atom is -0.394 e. The maximum Gasteiger partial charge on any atom is 0.150 e. The molecule has 4 nitrogen and oxygen atoms in total. The highest BCUT2D eigenvalue weighted by Gasteiger charge is 2.19. The van der Waals surface area contributed by atoms with Crippen LogP contribution in [-0.4, -0.2) is 16.8 Å². The van der Waals surface area contributed by atoms with Gasteiger partial charge in [-0.1, -0.05) is 32.0 Å². The van der Waals surface area contributed by atoms with Crippen LogP contribution in [-0.2, 0) is 13.6 Å². The number of aryl methyl sites for hydroxylation is 1. The second-order valence-electron chi connectivity index (χ2n) is 5.35. The number of rotatable bonds is 4. The molecule has 0 aliphatic carbocycles. The second kappa shape index (κ2) is 5.53. The van der Waals surface area contributed by atoms with Gasteiger partial charge in [0.1, 0.15) is 11.6 Å². The van der Waals surface area contributed by atoms with E-state index in [4.69, 9.17) is 5.73 Å². The number of hydrogen-bond donors (Lipinski definition) is 1. The number of anilines is 2. The molecule has 0 atom stereocenters. The first-order valence-corrected chi connectivity index (χ1v) is 6.68. The van der Waals surface area contributed by atoms with Crippen molar-refractivity contribution in [2.45, 2.75) is 26.3 Å². The lowest BCUT2D eigenvalue weighted by Crippen LogP contribution is -2.21. The highest BCUT2D eigenvalue weighted by Crippen LogP contribution is 2.30. The van der Waals surface area contributed by atoms with Crippen molar-refractivity contribution < 1.29 is 4.39 Å². The number of halogens is 1. The number of nitrogens with zero attached hydrogens (tertiary/aromatic N) is 3. The molecule has 0 saturated heterocycles. The fourth-order valence-electron chi connectivity index (χ4n) is 2.39. The van der Waals surface area contributed by atoms with Crippen LogP contribution < -0.4 is 10.6 Å². The third-order valence-corrected chi connectivity index (χ3v) is 3.35. The molecular weight excluding hydrogens is 255 g/mol. The van der Waals surface area contributed by atoms with Crippen molar-refractivity contribution in [1.29, 1.82) is 0 Å². The molecule has 5 heteroatoms. The first kappa shape index (κ1) is 14.4. The van der Waals surface area contributed by atoms with Gasteiger partial charge in [-0.15, -0.1) is 0 Å². The van der Waals surface area contributed by atoms with Gasteiger partial charge in [-0.05, 0) is 12.0 Å². The second-order valence-corrected chi connectivity index (χ2v) is 5.35. The average Bonchev–Trinajstić information content (AvgIpc) is 2.68. The molecule has 0 spiro atoms. The van der Waals surface area contributed by atoms with E-state index in [9.17, 15) is 4.39 Å². The number of aromatic nitrogens is 2. The van der Waals surface area contributed by atoms with Gasteiger partial charge < -0.3 is 10.6 Å². The fourth-order valence-corrected chi connectivity index (χ4v) is 2.39. The number of nitrogens with two attached hydrogens (primary N) is 1. The van der Waals surface area contributed by atoms with E-state index in [0.29, 0.717) is 17.8 Å². The van der Waals surface area contributed by atoms with Gasteiger partial charge in [-0.3, -0.25) is 4.68 Å². The van der Waals surface area contributed by atoms with Gasteiger partial charge in [-0.25, -0.2) is 4.39 Å². The van der Waals surface area contributed by atoms with Crippen LogP contribution in [0.5, 0.6) is 0 Å². The SMILES string of the molecule is CC(C)c1nn(C)c(N(C)Cc2ccccc2F)c1N. The zero-order valence-corrected chi connectivity index (χ0v) is 12.4. The lowest BCUT2D eigenvalue weighted by molar-refractivity contribution is 0.605. The van der Waals surface area contributed by atoms with Crippen molar-refractivity contribution in [3.05, 3.63) is 41.3 Å². The Balaban J connectivity index is 2.30. The summed E-state index contributed by atoms with van der Waals surface area (Å²) in [6.45, 7) is 4.56. The van der Waals surface area contributed by atoms with Gasteiger partial charge in [0.05, 0.1) is 11.4 Å². The predicted molar refractivity (Wildman–Crippen MR) is 80.2 cm³/mol. The van der Waals surface area contributed by atoms with Crippen molar-refractivity contribution in [3.8, 4) is 0 Å². The molecule has 2 N–H and O–H groups in total. The molecule has 108 valence electrons. The van der Waals surface area contributed by atoms with Crippen LogP contribution in [0, 0.1) is 5.82 Å². The summed E-state index contributed by atoms with van der Waals surface area (Å²) in [4.78, 5) is 1.92. The Kier molecular flexibility index (Phi) is 3.97. The molecule has 0 amide bonds. The van der Waals surface area contributed by atoms with E-state index in [1.165, 1.54) is 6.07 Å². The van der Waals surface area contributed by atoms with Gasteiger partial charge in [0, 0.05) is 26.2 Å². The normalized spacial score (nSPS) is 11.1. The minimum atomic E-state index is -0.204. The summed E-state index contributed by atoms with van der Waals surface area (Å²) >= 11 is 0. The van der Waals surface area contributed by atoms with Gasteiger partial charge >= 0.3 is 0 Å². The third kappa shape index (κ3) is 2.61. The highest BCUT2D eigenvalue weighted by molar-refractivity contribution is 5.66. The first-order chi connectivity index (χ1) is 9.41. The molecule has 2 rings (SSSR count). The quantitative estimate of drug-likeness (QED) is 0.934. The van der Waals surface area contributed by atoms with Crippen molar-refractivity contribution in [2.24, 2.45) is 7.05 Å². The van der Waals surface area contributed by atoms with E-state index in [1.807, 2.05) is 25.1 Å². The molecule has 0 aliphatic rings. The lowest BCUT2D eigenvalue weighted by Gasteiger charge is -2.20. The highest BCUT2D eigenvalue weighted by atomic mass is 19.1. The van der Waals surface area contributed by atoms with Gasteiger partial charge in [0.15, 0.2) is 0 Å². The average molecular weight is 276 g/mol. The van der Waals surface area contributed by atoms with E-state index in [-0.39, 0.29) is 11.7 Å². The Morgan fingerprint density at radius 2 is 2.00 bits per heavy atom. The summed E-state index contributed by atoms with van der Waals surface area (Å²) in [5.74, 6) is 0.873. The molecule has 0 aliphatic heterocycles. The largest absolute Gasteiger partial charge is 0.394 e. The summed E-state index contributed by atoms with van der Waals surface area (Å²) < 4.78 is 15.5. The Morgan fingerprint density at radius 3 is 2.55 bits per heavy atom. The molecule has 1 aromatic heterocycles. The van der Waals surface area contributed by atoms with E-state index in [0.717, 1.165) is 11.5 Å². The molecule has 0 unspecified atom stereocenters. The van der Waals surface area contributed by atoms with Crippen molar-refractivity contribution in [2.75, 3.05) is 17.7 Å². The smallest absolute Gasteiger partial charge is 0.150 e. The van der Waals surface area contributed by atoms with Crippen molar-refractivity contribution >= 4 is 11.5 Å². The van der Waals surface area contributed by atoms with Crippen LogP contribution in [0.1, 0.15) is 31.0 Å². The summed E-state index contributed by atoms with van der Waals surface area (Å²) in [6, 6.07) is 6.77. The summed E-state index contributed by atoms with van der Waals surface area (Å²) in [5.41, 5.74) is 8.36. The van der Waals surface area contributed by atoms with E-state index >= 15 is 0 Å². The first-order valence-electron chi connectivity index (χ1n) is 6.68. The molecule has 1 heterocycles. The topological polar surface area (TPSA) is 47.1 Å². The van der Waals surface area contributed by atoms with Crippen LogP contribution >= 0.6 is 0 Å². The summed E-state index contributed by atoms with van der Waals surface area (Å²) in [7, 11) is 3.75. The standard InChI is InChI=1S/C15H21FN4/c1-10(2)14-13(17)15(20(4)18-14)19(3)9-11-7-5-6-8-12(11)16/h5-8,10H,9,17H2,1-4H3. The molecule has 0 fully saturated rings. The number of benzene rings is 1. The Bertz CT molecular complexity index is 604. The van der Waals surface area contributed by atoms with Gasteiger partial charge in [-0.2, -0.15) is 5.10 Å². The molecular formula is C15H21FN4. The van der Waals surface area contributed by atoms with Crippen LogP contribution in [0.4, 0.5) is 15.9 Å². The van der Waals surface area contributed by atoms with E-state index in [2.05, 4.69) is 18.9 Å². The summed E-state index contributed by atoms with van der Waals surface area (Å²) in [5, 5.41) is 4.45. The Labute approximate surface area is 119 Å². The zero-order valence-electron chi connectivity index (χ0n) is 12.4.